The molecule has 4 rings (SSSR count). The fourth-order valence-electron chi connectivity index (χ4n) is 2.61. The topological polar surface area (TPSA) is 55.1 Å². The van der Waals surface area contributed by atoms with Gasteiger partial charge in [0.15, 0.2) is 11.0 Å². The number of para-hydroxylation sites is 1. The standard InChI is InChI=1S/C19H16FN5S/c20-15-8-6-14(7-9-15)13-26-19-24-23-18(17-12-21-10-11-22-17)25(19)16-4-2-1-3-5-16/h1-11,21H,12-13H2. The summed E-state index contributed by atoms with van der Waals surface area (Å²) in [5.74, 6) is 1.16. The number of benzene rings is 2. The van der Waals surface area contributed by atoms with E-state index in [-0.39, 0.29) is 5.82 Å². The third-order valence-electron chi connectivity index (χ3n) is 3.88. The van der Waals surface area contributed by atoms with Crippen LogP contribution >= 0.6 is 11.8 Å². The highest BCUT2D eigenvalue weighted by Gasteiger charge is 2.19. The molecule has 0 bridgehead atoms. The lowest BCUT2D eigenvalue weighted by Gasteiger charge is -2.13. The summed E-state index contributed by atoms with van der Waals surface area (Å²) in [4.78, 5) is 4.43. The third-order valence-corrected chi connectivity index (χ3v) is 4.88. The van der Waals surface area contributed by atoms with Crippen molar-refractivity contribution in [3.05, 3.63) is 84.2 Å². The Morgan fingerprint density at radius 2 is 1.85 bits per heavy atom. The minimum Gasteiger partial charge on any atom is -0.384 e. The zero-order valence-corrected chi connectivity index (χ0v) is 14.7. The van der Waals surface area contributed by atoms with Crippen molar-refractivity contribution in [1.82, 2.24) is 20.1 Å². The van der Waals surface area contributed by atoms with E-state index in [0.717, 1.165) is 27.9 Å². The zero-order chi connectivity index (χ0) is 17.8. The van der Waals surface area contributed by atoms with Crippen LogP contribution in [0.3, 0.4) is 0 Å². The lowest BCUT2D eigenvalue weighted by atomic mass is 10.2. The summed E-state index contributed by atoms with van der Waals surface area (Å²) in [7, 11) is 0. The molecule has 1 aliphatic heterocycles. The molecule has 0 radical (unpaired) electrons. The predicted molar refractivity (Wildman–Crippen MR) is 101 cm³/mol. The molecule has 1 aromatic heterocycles. The Hall–Kier alpha value is -2.93. The molecule has 0 saturated carbocycles. The second kappa shape index (κ2) is 7.53. The predicted octanol–water partition coefficient (Wildman–Crippen LogP) is 3.56. The van der Waals surface area contributed by atoms with E-state index in [0.29, 0.717) is 12.3 Å². The van der Waals surface area contributed by atoms with Crippen LogP contribution in [0.15, 0.2) is 77.1 Å². The van der Waals surface area contributed by atoms with Gasteiger partial charge in [-0.2, -0.15) is 0 Å². The summed E-state index contributed by atoms with van der Waals surface area (Å²) in [6.45, 7) is 0.601. The number of nitrogens with one attached hydrogen (secondary N) is 1. The number of hydrogen-bond donors (Lipinski definition) is 1. The molecule has 0 unspecified atom stereocenters. The van der Waals surface area contributed by atoms with Gasteiger partial charge in [-0.1, -0.05) is 42.1 Å². The van der Waals surface area contributed by atoms with Crippen molar-refractivity contribution >= 4 is 17.5 Å². The number of rotatable bonds is 5. The van der Waals surface area contributed by atoms with Crippen LogP contribution in [-0.4, -0.2) is 27.0 Å². The Morgan fingerprint density at radius 3 is 2.58 bits per heavy atom. The van der Waals surface area contributed by atoms with E-state index in [1.807, 2.05) is 34.9 Å². The molecule has 0 fully saturated rings. The molecule has 0 amide bonds. The summed E-state index contributed by atoms with van der Waals surface area (Å²) in [5.41, 5.74) is 2.84. The smallest absolute Gasteiger partial charge is 0.196 e. The van der Waals surface area contributed by atoms with Crippen molar-refractivity contribution in [2.45, 2.75) is 10.9 Å². The van der Waals surface area contributed by atoms with E-state index in [9.17, 15) is 4.39 Å². The number of nitrogens with zero attached hydrogens (tertiary/aromatic N) is 4. The van der Waals surface area contributed by atoms with Crippen LogP contribution in [0, 0.1) is 5.82 Å². The van der Waals surface area contributed by atoms with Crippen molar-refractivity contribution in [2.75, 3.05) is 6.54 Å². The number of aliphatic imine (C=N–C) groups is 1. The van der Waals surface area contributed by atoms with E-state index in [4.69, 9.17) is 0 Å². The van der Waals surface area contributed by atoms with Crippen LogP contribution in [0.25, 0.3) is 5.69 Å². The van der Waals surface area contributed by atoms with Gasteiger partial charge < -0.3 is 5.32 Å². The van der Waals surface area contributed by atoms with Gasteiger partial charge in [0.1, 0.15) is 11.5 Å². The highest BCUT2D eigenvalue weighted by Crippen LogP contribution is 2.26. The minimum absolute atomic E-state index is 0.232. The Kier molecular flexibility index (Phi) is 4.79. The van der Waals surface area contributed by atoms with Gasteiger partial charge in [-0.25, -0.2) is 4.39 Å². The second-order valence-electron chi connectivity index (χ2n) is 5.66. The highest BCUT2D eigenvalue weighted by atomic mass is 32.2. The van der Waals surface area contributed by atoms with E-state index >= 15 is 0 Å². The molecule has 2 aromatic carbocycles. The molecule has 0 saturated heterocycles. The molecule has 7 heteroatoms. The molecular weight excluding hydrogens is 349 g/mol. The lowest BCUT2D eigenvalue weighted by molar-refractivity contribution is 0.627. The monoisotopic (exact) mass is 365 g/mol. The Labute approximate surface area is 154 Å². The minimum atomic E-state index is -0.232. The molecule has 26 heavy (non-hydrogen) atoms. The molecule has 130 valence electrons. The Morgan fingerprint density at radius 1 is 1.04 bits per heavy atom. The maximum atomic E-state index is 13.1. The highest BCUT2D eigenvalue weighted by molar-refractivity contribution is 7.98. The summed E-state index contributed by atoms with van der Waals surface area (Å²) < 4.78 is 15.1. The first-order chi connectivity index (χ1) is 12.8. The summed E-state index contributed by atoms with van der Waals surface area (Å²) in [5, 5.41) is 12.7. The van der Waals surface area contributed by atoms with Gasteiger partial charge in [0.25, 0.3) is 0 Å². The lowest BCUT2D eigenvalue weighted by Crippen LogP contribution is -2.24. The van der Waals surface area contributed by atoms with E-state index < -0.39 is 0 Å². The molecule has 0 aliphatic carbocycles. The van der Waals surface area contributed by atoms with Gasteiger partial charge in [0, 0.05) is 23.8 Å². The Balaban J connectivity index is 1.68. The number of thioether (sulfide) groups is 1. The molecular formula is C19H16FN5S. The molecule has 1 aliphatic rings. The van der Waals surface area contributed by atoms with Gasteiger partial charge in [0.2, 0.25) is 0 Å². The van der Waals surface area contributed by atoms with Crippen molar-refractivity contribution in [2.24, 2.45) is 4.99 Å². The van der Waals surface area contributed by atoms with Crippen molar-refractivity contribution in [3.8, 4) is 5.69 Å². The van der Waals surface area contributed by atoms with Crippen LogP contribution in [-0.2, 0) is 5.75 Å². The molecule has 0 spiro atoms. The van der Waals surface area contributed by atoms with Crippen molar-refractivity contribution in [1.29, 1.82) is 0 Å². The number of aromatic nitrogens is 3. The van der Waals surface area contributed by atoms with Gasteiger partial charge >= 0.3 is 0 Å². The number of hydrogen-bond acceptors (Lipinski definition) is 5. The van der Waals surface area contributed by atoms with Crippen LogP contribution in [0.1, 0.15) is 11.4 Å². The molecule has 5 nitrogen and oxygen atoms in total. The van der Waals surface area contributed by atoms with Gasteiger partial charge in [-0.05, 0) is 29.8 Å². The van der Waals surface area contributed by atoms with Crippen LogP contribution in [0.5, 0.6) is 0 Å². The second-order valence-corrected chi connectivity index (χ2v) is 6.61. The molecule has 3 aromatic rings. The normalized spacial score (nSPS) is 13.3. The summed E-state index contributed by atoms with van der Waals surface area (Å²) in [6, 6.07) is 16.5. The first kappa shape index (κ1) is 16.5. The average molecular weight is 365 g/mol. The van der Waals surface area contributed by atoms with Crippen LogP contribution < -0.4 is 5.32 Å². The maximum absolute atomic E-state index is 13.1. The number of halogens is 1. The van der Waals surface area contributed by atoms with Gasteiger partial charge in [0.05, 0.1) is 6.54 Å². The van der Waals surface area contributed by atoms with Gasteiger partial charge in [-0.15, -0.1) is 10.2 Å². The first-order valence-corrected chi connectivity index (χ1v) is 9.13. The average Bonchev–Trinajstić information content (AvgIpc) is 3.13. The van der Waals surface area contributed by atoms with Crippen LogP contribution in [0.2, 0.25) is 0 Å². The molecule has 0 atom stereocenters. The van der Waals surface area contributed by atoms with Crippen molar-refractivity contribution in [3.63, 3.8) is 0 Å². The fraction of sp³-hybridized carbons (Fsp3) is 0.105. The Bertz CT molecular complexity index is 948. The molecule has 1 N–H and O–H groups in total. The first-order valence-electron chi connectivity index (χ1n) is 8.15. The van der Waals surface area contributed by atoms with Crippen molar-refractivity contribution < 1.29 is 4.39 Å². The van der Waals surface area contributed by atoms with E-state index in [2.05, 4.69) is 20.5 Å². The van der Waals surface area contributed by atoms with Crippen LogP contribution in [0.4, 0.5) is 4.39 Å². The summed E-state index contributed by atoms with van der Waals surface area (Å²) in [6.07, 6.45) is 3.52. The fourth-order valence-corrected chi connectivity index (χ4v) is 3.51. The molecule has 2 heterocycles. The maximum Gasteiger partial charge on any atom is 0.196 e. The largest absolute Gasteiger partial charge is 0.384 e. The summed E-state index contributed by atoms with van der Waals surface area (Å²) >= 11 is 1.56. The zero-order valence-electron chi connectivity index (χ0n) is 13.8. The van der Waals surface area contributed by atoms with Gasteiger partial charge in [-0.3, -0.25) is 9.56 Å². The third kappa shape index (κ3) is 3.52. The van der Waals surface area contributed by atoms with E-state index in [1.165, 1.54) is 12.1 Å². The SMILES string of the molecule is Fc1ccc(CSc2nnc(C3=NC=CNC3)n2-c2ccccc2)cc1. The van der Waals surface area contributed by atoms with E-state index in [1.54, 1.807) is 36.3 Å². The quantitative estimate of drug-likeness (QED) is 0.703.